The quantitative estimate of drug-likeness (QED) is 0.883. The minimum atomic E-state index is -4.57. The van der Waals surface area contributed by atoms with E-state index in [0.717, 1.165) is 18.6 Å². The smallest absolute Gasteiger partial charge is 0.381 e. The Morgan fingerprint density at radius 2 is 2.25 bits per heavy atom. The molecule has 5 nitrogen and oxygen atoms in total. The molecule has 0 spiro atoms. The second-order valence-corrected chi connectivity index (χ2v) is 4.57. The van der Waals surface area contributed by atoms with Crippen LogP contribution in [0.3, 0.4) is 0 Å². The van der Waals surface area contributed by atoms with Crippen LogP contribution < -0.4 is 11.1 Å². The molecule has 1 aromatic rings. The summed E-state index contributed by atoms with van der Waals surface area (Å²) in [7, 11) is 0. The highest BCUT2D eigenvalue weighted by Crippen LogP contribution is 2.29. The van der Waals surface area contributed by atoms with E-state index in [-0.39, 0.29) is 17.3 Å². The summed E-state index contributed by atoms with van der Waals surface area (Å²) in [5, 5.41) is 2.76. The first-order chi connectivity index (χ1) is 9.38. The van der Waals surface area contributed by atoms with Gasteiger partial charge in [-0.2, -0.15) is 13.2 Å². The number of ether oxygens (including phenoxy) is 1. The summed E-state index contributed by atoms with van der Waals surface area (Å²) in [6.07, 6.45) is -3.75. The Bertz CT molecular complexity index is 499. The summed E-state index contributed by atoms with van der Waals surface area (Å²) >= 11 is 0. The van der Waals surface area contributed by atoms with Crippen LogP contribution >= 0.6 is 0 Å². The van der Waals surface area contributed by atoms with Gasteiger partial charge in [0.1, 0.15) is 11.5 Å². The van der Waals surface area contributed by atoms with Gasteiger partial charge in [0.2, 0.25) is 0 Å². The largest absolute Gasteiger partial charge is 0.433 e. The number of nitrogens with one attached hydrogen (secondary N) is 1. The lowest BCUT2D eigenvalue weighted by atomic mass is 10.1. The molecule has 1 amide bonds. The molecule has 8 heteroatoms. The maximum atomic E-state index is 12.6. The Morgan fingerprint density at radius 1 is 1.50 bits per heavy atom. The zero-order valence-electron chi connectivity index (χ0n) is 10.5. The summed E-state index contributed by atoms with van der Waals surface area (Å²) in [6, 6.07) is 1.77. The lowest BCUT2D eigenvalue weighted by Crippen LogP contribution is -2.21. The lowest BCUT2D eigenvalue weighted by Gasteiger charge is -2.14. The summed E-state index contributed by atoms with van der Waals surface area (Å²) < 4.78 is 43.0. The van der Waals surface area contributed by atoms with Gasteiger partial charge in [-0.15, -0.1) is 0 Å². The standard InChI is InChI=1S/C12H14F3N3O2/c13-12(14,15)9-2-1-8(10(16)19)11(18-9)17-5-7-3-4-20-6-7/h1-2,7H,3-6H2,(H2,16,19)(H,17,18). The predicted octanol–water partition coefficient (Wildman–Crippen LogP) is 1.65. The number of anilines is 1. The molecular formula is C12H14F3N3O2. The van der Waals surface area contributed by atoms with Crippen LogP contribution in [0.4, 0.5) is 19.0 Å². The van der Waals surface area contributed by atoms with Gasteiger partial charge >= 0.3 is 6.18 Å². The van der Waals surface area contributed by atoms with E-state index in [1.807, 2.05) is 0 Å². The number of rotatable bonds is 4. The van der Waals surface area contributed by atoms with Crippen molar-refractivity contribution in [1.82, 2.24) is 4.98 Å². The molecule has 0 bridgehead atoms. The molecule has 1 fully saturated rings. The lowest BCUT2D eigenvalue weighted by molar-refractivity contribution is -0.141. The van der Waals surface area contributed by atoms with Gasteiger partial charge in [0, 0.05) is 19.1 Å². The number of hydrogen-bond donors (Lipinski definition) is 2. The molecule has 110 valence electrons. The van der Waals surface area contributed by atoms with Crippen molar-refractivity contribution in [3.05, 3.63) is 23.4 Å². The maximum absolute atomic E-state index is 12.6. The van der Waals surface area contributed by atoms with Crippen LogP contribution in [0.1, 0.15) is 22.5 Å². The monoisotopic (exact) mass is 289 g/mol. The van der Waals surface area contributed by atoms with E-state index in [0.29, 0.717) is 19.8 Å². The molecule has 0 saturated carbocycles. The van der Waals surface area contributed by atoms with E-state index in [4.69, 9.17) is 10.5 Å². The number of halogens is 3. The number of primary amides is 1. The first kappa shape index (κ1) is 14.6. The molecule has 2 rings (SSSR count). The highest BCUT2D eigenvalue weighted by Gasteiger charge is 2.33. The zero-order valence-corrected chi connectivity index (χ0v) is 10.5. The molecule has 1 aliphatic rings. The van der Waals surface area contributed by atoms with E-state index >= 15 is 0 Å². The Labute approximate surface area is 113 Å². The molecule has 1 atom stereocenters. The molecule has 1 aromatic heterocycles. The number of nitrogens with zero attached hydrogens (tertiary/aromatic N) is 1. The fraction of sp³-hybridized carbons (Fsp3) is 0.500. The van der Waals surface area contributed by atoms with E-state index in [1.54, 1.807) is 0 Å². The van der Waals surface area contributed by atoms with Crippen molar-refractivity contribution in [2.75, 3.05) is 25.1 Å². The highest BCUT2D eigenvalue weighted by molar-refractivity contribution is 5.97. The molecular weight excluding hydrogens is 275 g/mol. The van der Waals surface area contributed by atoms with Gasteiger partial charge in [-0.25, -0.2) is 4.98 Å². The third kappa shape index (κ3) is 3.38. The SMILES string of the molecule is NC(=O)c1ccc(C(F)(F)F)nc1NCC1CCOC1. The number of carbonyl (C=O) groups excluding carboxylic acids is 1. The van der Waals surface area contributed by atoms with Gasteiger partial charge in [-0.3, -0.25) is 4.79 Å². The molecule has 3 N–H and O–H groups in total. The van der Waals surface area contributed by atoms with Gasteiger partial charge in [-0.1, -0.05) is 0 Å². The number of nitrogens with two attached hydrogens (primary N) is 1. The third-order valence-corrected chi connectivity index (χ3v) is 3.03. The minimum Gasteiger partial charge on any atom is -0.381 e. The van der Waals surface area contributed by atoms with Crippen molar-refractivity contribution >= 4 is 11.7 Å². The molecule has 20 heavy (non-hydrogen) atoms. The van der Waals surface area contributed by atoms with Crippen LogP contribution in [-0.4, -0.2) is 30.6 Å². The van der Waals surface area contributed by atoms with Crippen LogP contribution in [-0.2, 0) is 10.9 Å². The second-order valence-electron chi connectivity index (χ2n) is 4.57. The number of hydrogen-bond acceptors (Lipinski definition) is 4. The van der Waals surface area contributed by atoms with Gasteiger partial charge in [0.15, 0.2) is 0 Å². The number of aromatic nitrogens is 1. The van der Waals surface area contributed by atoms with Crippen LogP contribution in [0.5, 0.6) is 0 Å². The third-order valence-electron chi connectivity index (χ3n) is 3.03. The number of pyridine rings is 1. The van der Waals surface area contributed by atoms with Gasteiger partial charge < -0.3 is 15.8 Å². The number of carbonyl (C=O) groups is 1. The zero-order chi connectivity index (χ0) is 14.8. The van der Waals surface area contributed by atoms with E-state index < -0.39 is 17.8 Å². The average molecular weight is 289 g/mol. The molecule has 1 aliphatic heterocycles. The van der Waals surface area contributed by atoms with Crippen molar-refractivity contribution in [1.29, 1.82) is 0 Å². The summed E-state index contributed by atoms with van der Waals surface area (Å²) in [6.45, 7) is 1.55. The summed E-state index contributed by atoms with van der Waals surface area (Å²) in [5.41, 5.74) is 4.01. The van der Waals surface area contributed by atoms with Crippen molar-refractivity contribution in [2.45, 2.75) is 12.6 Å². The first-order valence-electron chi connectivity index (χ1n) is 6.07. The van der Waals surface area contributed by atoms with E-state index in [9.17, 15) is 18.0 Å². The molecule has 2 heterocycles. The summed E-state index contributed by atoms with van der Waals surface area (Å²) in [5.74, 6) is -0.775. The second kappa shape index (κ2) is 5.66. The number of amides is 1. The normalized spacial score (nSPS) is 19.1. The Hall–Kier alpha value is -1.83. The van der Waals surface area contributed by atoms with Crippen molar-refractivity contribution in [3.8, 4) is 0 Å². The maximum Gasteiger partial charge on any atom is 0.433 e. The van der Waals surface area contributed by atoms with Crippen LogP contribution in [0.15, 0.2) is 12.1 Å². The molecule has 0 aromatic carbocycles. The van der Waals surface area contributed by atoms with Crippen LogP contribution in [0, 0.1) is 5.92 Å². The fourth-order valence-electron chi connectivity index (χ4n) is 1.94. The number of alkyl halides is 3. The molecule has 0 radical (unpaired) electrons. The summed E-state index contributed by atoms with van der Waals surface area (Å²) in [4.78, 5) is 14.7. The van der Waals surface area contributed by atoms with Gasteiger partial charge in [0.25, 0.3) is 5.91 Å². The van der Waals surface area contributed by atoms with Crippen molar-refractivity contribution in [2.24, 2.45) is 11.7 Å². The van der Waals surface area contributed by atoms with E-state index in [1.165, 1.54) is 0 Å². The van der Waals surface area contributed by atoms with Crippen molar-refractivity contribution in [3.63, 3.8) is 0 Å². The Balaban J connectivity index is 2.20. The molecule has 1 saturated heterocycles. The Kier molecular flexibility index (Phi) is 4.12. The fourth-order valence-corrected chi connectivity index (χ4v) is 1.94. The first-order valence-corrected chi connectivity index (χ1v) is 6.07. The van der Waals surface area contributed by atoms with Gasteiger partial charge in [0.05, 0.1) is 12.2 Å². The molecule has 1 unspecified atom stereocenters. The minimum absolute atomic E-state index is 0.0584. The topological polar surface area (TPSA) is 77.2 Å². The van der Waals surface area contributed by atoms with Crippen LogP contribution in [0.2, 0.25) is 0 Å². The van der Waals surface area contributed by atoms with Crippen molar-refractivity contribution < 1.29 is 22.7 Å². The van der Waals surface area contributed by atoms with Gasteiger partial charge in [-0.05, 0) is 18.6 Å². The average Bonchev–Trinajstić information content (AvgIpc) is 2.87. The van der Waals surface area contributed by atoms with E-state index in [2.05, 4.69) is 10.3 Å². The predicted molar refractivity (Wildman–Crippen MR) is 65.2 cm³/mol. The van der Waals surface area contributed by atoms with Crippen LogP contribution in [0.25, 0.3) is 0 Å². The highest BCUT2D eigenvalue weighted by atomic mass is 19.4. The Morgan fingerprint density at radius 3 is 2.80 bits per heavy atom. The molecule has 0 aliphatic carbocycles.